The standard InChI is InChI=1S/C15H22O5/c1-10(16)20-15-6-11-3-12(7-15)5-14(4-11,8-15)13(17)19-9-18-2/h11-12H,3-9H2,1-2H3. The SMILES string of the molecule is COCOC(=O)C12CC3CC(CC(OC(C)=O)(C3)C1)C2. The van der Waals surface area contributed by atoms with Gasteiger partial charge in [-0.1, -0.05) is 0 Å². The van der Waals surface area contributed by atoms with Gasteiger partial charge in [0, 0.05) is 20.5 Å². The molecule has 0 aliphatic heterocycles. The summed E-state index contributed by atoms with van der Waals surface area (Å²) in [6, 6.07) is 0. The van der Waals surface area contributed by atoms with Gasteiger partial charge in [0.2, 0.25) is 0 Å². The van der Waals surface area contributed by atoms with Crippen LogP contribution in [0.25, 0.3) is 0 Å². The third kappa shape index (κ3) is 2.22. The van der Waals surface area contributed by atoms with E-state index in [-0.39, 0.29) is 18.7 Å². The average Bonchev–Trinajstić information content (AvgIpc) is 2.32. The molecule has 20 heavy (non-hydrogen) atoms. The van der Waals surface area contributed by atoms with Gasteiger partial charge in [-0.2, -0.15) is 0 Å². The highest BCUT2D eigenvalue weighted by atomic mass is 16.7. The second-order valence-corrected chi connectivity index (χ2v) is 6.86. The van der Waals surface area contributed by atoms with Crippen molar-refractivity contribution in [1.82, 2.24) is 0 Å². The number of rotatable bonds is 4. The zero-order chi connectivity index (χ0) is 14.4. The van der Waals surface area contributed by atoms with E-state index < -0.39 is 11.0 Å². The number of hydrogen-bond acceptors (Lipinski definition) is 5. The fourth-order valence-corrected chi connectivity index (χ4v) is 5.11. The first kappa shape index (κ1) is 13.9. The Morgan fingerprint density at radius 2 is 1.80 bits per heavy atom. The minimum atomic E-state index is -0.460. The number of ether oxygens (including phenoxy) is 3. The maximum atomic E-state index is 12.4. The molecule has 4 saturated carbocycles. The van der Waals surface area contributed by atoms with Gasteiger partial charge >= 0.3 is 11.9 Å². The van der Waals surface area contributed by atoms with Crippen molar-refractivity contribution in [2.24, 2.45) is 17.3 Å². The van der Waals surface area contributed by atoms with Crippen LogP contribution in [0.5, 0.6) is 0 Å². The molecular weight excluding hydrogens is 260 g/mol. The van der Waals surface area contributed by atoms with Gasteiger partial charge in [0.1, 0.15) is 5.60 Å². The molecule has 0 amide bonds. The first-order chi connectivity index (χ1) is 9.47. The van der Waals surface area contributed by atoms with Crippen LogP contribution in [-0.2, 0) is 23.8 Å². The van der Waals surface area contributed by atoms with Crippen molar-refractivity contribution >= 4 is 11.9 Å². The van der Waals surface area contributed by atoms with E-state index in [9.17, 15) is 9.59 Å². The Kier molecular flexibility index (Phi) is 3.27. The summed E-state index contributed by atoms with van der Waals surface area (Å²) in [7, 11) is 1.51. The minimum absolute atomic E-state index is 0.00349. The third-order valence-electron chi connectivity index (χ3n) is 5.11. The average molecular weight is 282 g/mol. The molecule has 2 unspecified atom stereocenters. The zero-order valence-corrected chi connectivity index (χ0v) is 12.1. The second kappa shape index (κ2) is 4.72. The van der Waals surface area contributed by atoms with Crippen LogP contribution in [-0.4, -0.2) is 31.4 Å². The number of esters is 2. The van der Waals surface area contributed by atoms with Crippen LogP contribution in [0.4, 0.5) is 0 Å². The van der Waals surface area contributed by atoms with E-state index in [1.807, 2.05) is 0 Å². The molecule has 4 bridgehead atoms. The highest BCUT2D eigenvalue weighted by Gasteiger charge is 2.62. The number of hydrogen-bond donors (Lipinski definition) is 0. The maximum absolute atomic E-state index is 12.4. The summed E-state index contributed by atoms with van der Waals surface area (Å²) in [5, 5.41) is 0. The Hall–Kier alpha value is -1.10. The molecule has 4 fully saturated rings. The van der Waals surface area contributed by atoms with Crippen LogP contribution < -0.4 is 0 Å². The molecule has 0 aromatic heterocycles. The predicted molar refractivity (Wildman–Crippen MR) is 69.6 cm³/mol. The smallest absolute Gasteiger partial charge is 0.314 e. The molecule has 4 aliphatic carbocycles. The monoisotopic (exact) mass is 282 g/mol. The van der Waals surface area contributed by atoms with Crippen LogP contribution in [0.3, 0.4) is 0 Å². The van der Waals surface area contributed by atoms with Gasteiger partial charge in [0.15, 0.2) is 6.79 Å². The lowest BCUT2D eigenvalue weighted by molar-refractivity contribution is -0.215. The van der Waals surface area contributed by atoms with Crippen LogP contribution in [0.15, 0.2) is 0 Å². The first-order valence-corrected chi connectivity index (χ1v) is 7.33. The lowest BCUT2D eigenvalue weighted by Crippen LogP contribution is -2.60. The minimum Gasteiger partial charge on any atom is -0.459 e. The van der Waals surface area contributed by atoms with E-state index in [0.29, 0.717) is 18.3 Å². The van der Waals surface area contributed by atoms with Crippen LogP contribution in [0.1, 0.15) is 45.4 Å². The molecule has 0 aromatic rings. The summed E-state index contributed by atoms with van der Waals surface area (Å²) in [5.41, 5.74) is -0.889. The summed E-state index contributed by atoms with van der Waals surface area (Å²) >= 11 is 0. The summed E-state index contributed by atoms with van der Waals surface area (Å²) in [6.45, 7) is 1.45. The van der Waals surface area contributed by atoms with Gasteiger partial charge in [-0.25, -0.2) is 0 Å². The Morgan fingerprint density at radius 1 is 1.15 bits per heavy atom. The van der Waals surface area contributed by atoms with Gasteiger partial charge in [0.05, 0.1) is 5.41 Å². The molecule has 5 heteroatoms. The van der Waals surface area contributed by atoms with Crippen molar-refractivity contribution < 1.29 is 23.8 Å². The largest absolute Gasteiger partial charge is 0.459 e. The molecule has 112 valence electrons. The topological polar surface area (TPSA) is 61.8 Å². The highest BCUT2D eigenvalue weighted by Crippen LogP contribution is 2.63. The van der Waals surface area contributed by atoms with E-state index in [1.165, 1.54) is 14.0 Å². The van der Waals surface area contributed by atoms with Gasteiger partial charge < -0.3 is 14.2 Å². The van der Waals surface area contributed by atoms with E-state index >= 15 is 0 Å². The van der Waals surface area contributed by atoms with Gasteiger partial charge in [-0.15, -0.1) is 0 Å². The summed E-state index contributed by atoms with van der Waals surface area (Å²) < 4.78 is 15.7. The third-order valence-corrected chi connectivity index (χ3v) is 5.11. The highest BCUT2D eigenvalue weighted by molar-refractivity contribution is 5.78. The molecule has 0 heterocycles. The molecule has 4 rings (SSSR count). The van der Waals surface area contributed by atoms with E-state index in [0.717, 1.165) is 32.1 Å². The van der Waals surface area contributed by atoms with Crippen LogP contribution in [0.2, 0.25) is 0 Å². The number of methoxy groups -OCH3 is 1. The number of carbonyl (C=O) groups is 2. The Balaban J connectivity index is 1.83. The van der Waals surface area contributed by atoms with Crippen LogP contribution in [0, 0.1) is 17.3 Å². The Labute approximate surface area is 118 Å². The quantitative estimate of drug-likeness (QED) is 0.583. The molecule has 0 spiro atoms. The lowest BCUT2D eigenvalue weighted by Gasteiger charge is -2.59. The molecule has 0 radical (unpaired) electrons. The van der Waals surface area contributed by atoms with E-state index in [4.69, 9.17) is 14.2 Å². The summed E-state index contributed by atoms with van der Waals surface area (Å²) in [5.74, 6) is 0.536. The molecule has 2 atom stereocenters. The Morgan fingerprint density at radius 3 is 2.35 bits per heavy atom. The van der Waals surface area contributed by atoms with Crippen molar-refractivity contribution in [3.05, 3.63) is 0 Å². The molecule has 0 N–H and O–H groups in total. The van der Waals surface area contributed by atoms with Crippen LogP contribution >= 0.6 is 0 Å². The van der Waals surface area contributed by atoms with E-state index in [1.54, 1.807) is 0 Å². The second-order valence-electron chi connectivity index (χ2n) is 6.86. The Bertz CT molecular complexity index is 416. The van der Waals surface area contributed by atoms with Gasteiger partial charge in [-0.05, 0) is 43.9 Å². The van der Waals surface area contributed by atoms with E-state index in [2.05, 4.69) is 0 Å². The maximum Gasteiger partial charge on any atom is 0.314 e. The fourth-order valence-electron chi connectivity index (χ4n) is 5.11. The molecule has 5 nitrogen and oxygen atoms in total. The summed E-state index contributed by atoms with van der Waals surface area (Å²) in [6.07, 6.45) is 5.33. The van der Waals surface area contributed by atoms with Crippen molar-refractivity contribution in [3.8, 4) is 0 Å². The van der Waals surface area contributed by atoms with Crippen molar-refractivity contribution in [1.29, 1.82) is 0 Å². The predicted octanol–water partition coefficient (Wildman–Crippen LogP) is 2.04. The molecule has 0 saturated heterocycles. The lowest BCUT2D eigenvalue weighted by atomic mass is 9.48. The van der Waals surface area contributed by atoms with Gasteiger partial charge in [-0.3, -0.25) is 9.59 Å². The van der Waals surface area contributed by atoms with Crippen molar-refractivity contribution in [3.63, 3.8) is 0 Å². The van der Waals surface area contributed by atoms with Gasteiger partial charge in [0.25, 0.3) is 0 Å². The van der Waals surface area contributed by atoms with Crippen molar-refractivity contribution in [2.45, 2.75) is 51.0 Å². The van der Waals surface area contributed by atoms with Crippen molar-refractivity contribution in [2.75, 3.05) is 13.9 Å². The zero-order valence-electron chi connectivity index (χ0n) is 12.1. The molecule has 0 aromatic carbocycles. The number of carbonyl (C=O) groups excluding carboxylic acids is 2. The first-order valence-electron chi connectivity index (χ1n) is 7.33. The fraction of sp³-hybridized carbons (Fsp3) is 0.867. The molecule has 4 aliphatic rings. The molecular formula is C15H22O5. The normalized spacial score (nSPS) is 41.5. The summed E-state index contributed by atoms with van der Waals surface area (Å²) in [4.78, 5) is 23.9.